The van der Waals surface area contributed by atoms with Crippen LogP contribution in [0.15, 0.2) is 47.4 Å². The van der Waals surface area contributed by atoms with Gasteiger partial charge in [-0.05, 0) is 55.3 Å². The summed E-state index contributed by atoms with van der Waals surface area (Å²) in [6.07, 6.45) is 3.50. The van der Waals surface area contributed by atoms with Gasteiger partial charge in [0.05, 0.1) is 29.6 Å². The van der Waals surface area contributed by atoms with Gasteiger partial charge in [-0.15, -0.1) is 0 Å². The van der Waals surface area contributed by atoms with Crippen LogP contribution in [0.4, 0.5) is 11.4 Å². The third-order valence-electron chi connectivity index (χ3n) is 5.89. The molecule has 0 aromatic heterocycles. The van der Waals surface area contributed by atoms with Crippen molar-refractivity contribution in [1.82, 2.24) is 9.21 Å². The first-order valence-corrected chi connectivity index (χ1v) is 14.9. The number of hydrogen-bond acceptors (Lipinski definition) is 7. The number of benzene rings is 2. The molecule has 0 atom stereocenters. The van der Waals surface area contributed by atoms with E-state index in [1.165, 1.54) is 58.8 Å². The largest absolute Gasteiger partial charge is 0.495 e. The van der Waals surface area contributed by atoms with Crippen molar-refractivity contribution >= 4 is 43.2 Å². The molecule has 2 aromatic carbocycles. The number of hydrogen-bond donors (Lipinski definition) is 1. The van der Waals surface area contributed by atoms with Gasteiger partial charge in [0.1, 0.15) is 12.3 Å². The van der Waals surface area contributed by atoms with E-state index in [2.05, 4.69) is 5.32 Å². The van der Waals surface area contributed by atoms with Gasteiger partial charge >= 0.3 is 0 Å². The van der Waals surface area contributed by atoms with E-state index in [-0.39, 0.29) is 27.9 Å². The quantitative estimate of drug-likeness (QED) is 0.503. The summed E-state index contributed by atoms with van der Waals surface area (Å²) < 4.78 is 58.8. The van der Waals surface area contributed by atoms with Crippen molar-refractivity contribution in [2.45, 2.75) is 24.2 Å². The first-order chi connectivity index (χ1) is 17.3. The van der Waals surface area contributed by atoms with Gasteiger partial charge in [-0.1, -0.05) is 6.42 Å². The summed E-state index contributed by atoms with van der Waals surface area (Å²) in [4.78, 5) is 26.5. The fourth-order valence-corrected chi connectivity index (χ4v) is 6.35. The molecule has 2 aromatic rings. The van der Waals surface area contributed by atoms with E-state index in [4.69, 9.17) is 4.74 Å². The molecular weight excluding hydrogens is 520 g/mol. The highest BCUT2D eigenvalue weighted by atomic mass is 32.2. The Bertz CT molecular complexity index is 1350. The highest BCUT2D eigenvalue weighted by Crippen LogP contribution is 2.30. The lowest BCUT2D eigenvalue weighted by molar-refractivity contribution is -0.114. The zero-order valence-corrected chi connectivity index (χ0v) is 22.9. The molecule has 0 radical (unpaired) electrons. The average Bonchev–Trinajstić information content (AvgIpc) is 2.86. The maximum Gasteiger partial charge on any atom is 0.253 e. The minimum Gasteiger partial charge on any atom is -0.495 e. The normalized spacial score (nSPS) is 14.6. The fourth-order valence-electron chi connectivity index (χ4n) is 3.95. The summed E-state index contributed by atoms with van der Waals surface area (Å²) in [5, 5.41) is 2.58. The Hall–Kier alpha value is -3.16. The second kappa shape index (κ2) is 11.5. The third-order valence-corrected chi connectivity index (χ3v) is 8.93. The summed E-state index contributed by atoms with van der Waals surface area (Å²) >= 11 is 0. The van der Waals surface area contributed by atoms with E-state index in [9.17, 15) is 26.4 Å². The van der Waals surface area contributed by atoms with Crippen molar-refractivity contribution < 1.29 is 31.2 Å². The van der Waals surface area contributed by atoms with E-state index in [0.717, 1.165) is 29.8 Å². The zero-order chi connectivity index (χ0) is 27.4. The van der Waals surface area contributed by atoms with Gasteiger partial charge in [0.25, 0.3) is 5.91 Å². The number of rotatable bonds is 9. The summed E-state index contributed by atoms with van der Waals surface area (Å²) in [5.41, 5.74) is 0.662. The number of piperidine rings is 1. The number of carbonyl (C=O) groups is 2. The van der Waals surface area contributed by atoms with Crippen molar-refractivity contribution in [3.63, 3.8) is 0 Å². The van der Waals surface area contributed by atoms with Crippen LogP contribution >= 0.6 is 0 Å². The first-order valence-electron chi connectivity index (χ1n) is 11.6. The standard InChI is InChI=1S/C24H32N4O7S2/c1-26(2)24(30)18-8-10-19(11-9-18)28(36(4,31)32)17-23(29)25-21-16-20(12-13-22(21)35-3)37(33,34)27-14-6-5-7-15-27/h8-13,16H,5-7,14-15,17H2,1-4H3,(H,25,29). The van der Waals surface area contributed by atoms with Crippen LogP contribution in [0.5, 0.6) is 5.75 Å². The number of ether oxygens (including phenoxy) is 1. The van der Waals surface area contributed by atoms with Crippen molar-refractivity contribution in [1.29, 1.82) is 0 Å². The number of nitrogens with zero attached hydrogens (tertiary/aromatic N) is 3. The van der Waals surface area contributed by atoms with Gasteiger partial charge < -0.3 is 15.0 Å². The SMILES string of the molecule is COc1ccc(S(=O)(=O)N2CCCCC2)cc1NC(=O)CN(c1ccc(C(=O)N(C)C)cc1)S(C)(=O)=O. The van der Waals surface area contributed by atoms with Crippen LogP contribution in [0.1, 0.15) is 29.6 Å². The number of methoxy groups -OCH3 is 1. The van der Waals surface area contributed by atoms with Gasteiger partial charge in [0, 0.05) is 32.7 Å². The zero-order valence-electron chi connectivity index (χ0n) is 21.3. The Balaban J connectivity index is 1.84. The number of amides is 2. The summed E-state index contributed by atoms with van der Waals surface area (Å²) in [5.74, 6) is -0.727. The first kappa shape index (κ1) is 28.4. The Morgan fingerprint density at radius 2 is 1.59 bits per heavy atom. The van der Waals surface area contributed by atoms with Crippen molar-refractivity contribution in [2.75, 3.05) is 56.7 Å². The molecule has 202 valence electrons. The molecular formula is C24H32N4O7S2. The lowest BCUT2D eigenvalue weighted by Crippen LogP contribution is -2.37. The highest BCUT2D eigenvalue weighted by Gasteiger charge is 2.27. The molecule has 0 bridgehead atoms. The Morgan fingerprint density at radius 3 is 2.14 bits per heavy atom. The van der Waals surface area contributed by atoms with Crippen LogP contribution in [-0.4, -0.2) is 85.0 Å². The van der Waals surface area contributed by atoms with Gasteiger partial charge in [-0.2, -0.15) is 4.31 Å². The van der Waals surface area contributed by atoms with Gasteiger partial charge in [-0.3, -0.25) is 13.9 Å². The van der Waals surface area contributed by atoms with Crippen molar-refractivity contribution in [2.24, 2.45) is 0 Å². The summed E-state index contributed by atoms with van der Waals surface area (Å²) in [6.45, 7) is 0.280. The second-order valence-electron chi connectivity index (χ2n) is 8.89. The smallest absolute Gasteiger partial charge is 0.253 e. The maximum absolute atomic E-state index is 13.1. The topological polar surface area (TPSA) is 133 Å². The van der Waals surface area contributed by atoms with Crippen LogP contribution in [0.3, 0.4) is 0 Å². The Kier molecular flexibility index (Phi) is 8.82. The van der Waals surface area contributed by atoms with E-state index < -0.39 is 32.5 Å². The van der Waals surface area contributed by atoms with Crippen LogP contribution < -0.4 is 14.4 Å². The maximum atomic E-state index is 13.1. The Labute approximate surface area is 218 Å². The minimum absolute atomic E-state index is 0.00613. The van der Waals surface area contributed by atoms with E-state index >= 15 is 0 Å². The molecule has 13 heteroatoms. The molecule has 1 aliphatic rings. The molecule has 2 amide bonds. The molecule has 1 fully saturated rings. The molecule has 1 saturated heterocycles. The lowest BCUT2D eigenvalue weighted by atomic mass is 10.2. The van der Waals surface area contributed by atoms with Gasteiger partial charge in [0.15, 0.2) is 0 Å². The average molecular weight is 553 g/mol. The van der Waals surface area contributed by atoms with Crippen LogP contribution in [0, 0.1) is 0 Å². The van der Waals surface area contributed by atoms with Gasteiger partial charge in [0.2, 0.25) is 26.0 Å². The number of anilines is 2. The lowest BCUT2D eigenvalue weighted by Gasteiger charge is -2.26. The number of carbonyl (C=O) groups excluding carboxylic acids is 2. The Morgan fingerprint density at radius 1 is 0.973 bits per heavy atom. The monoisotopic (exact) mass is 552 g/mol. The number of sulfonamides is 2. The third kappa shape index (κ3) is 6.79. The molecule has 1 aliphatic heterocycles. The minimum atomic E-state index is -3.87. The van der Waals surface area contributed by atoms with Gasteiger partial charge in [-0.25, -0.2) is 16.8 Å². The van der Waals surface area contributed by atoms with E-state index in [1.807, 2.05) is 0 Å². The fraction of sp³-hybridized carbons (Fsp3) is 0.417. The molecule has 3 rings (SSSR count). The molecule has 0 unspecified atom stereocenters. The molecule has 0 aliphatic carbocycles. The molecule has 0 saturated carbocycles. The summed E-state index contributed by atoms with van der Waals surface area (Å²) in [6, 6.07) is 10.0. The van der Waals surface area contributed by atoms with Crippen LogP contribution in [0.25, 0.3) is 0 Å². The van der Waals surface area contributed by atoms with E-state index in [0.29, 0.717) is 18.7 Å². The van der Waals surface area contributed by atoms with E-state index in [1.54, 1.807) is 14.1 Å². The predicted molar refractivity (Wildman–Crippen MR) is 141 cm³/mol. The molecule has 11 nitrogen and oxygen atoms in total. The predicted octanol–water partition coefficient (Wildman–Crippen LogP) is 1.98. The van der Waals surface area contributed by atoms with Crippen molar-refractivity contribution in [3.05, 3.63) is 48.0 Å². The summed E-state index contributed by atoms with van der Waals surface area (Å²) in [7, 11) is -3.05. The van der Waals surface area contributed by atoms with Crippen LogP contribution in [-0.2, 0) is 24.8 Å². The molecule has 1 heterocycles. The molecule has 37 heavy (non-hydrogen) atoms. The number of nitrogens with one attached hydrogen (secondary N) is 1. The molecule has 1 N–H and O–H groups in total. The van der Waals surface area contributed by atoms with Crippen molar-refractivity contribution in [3.8, 4) is 5.75 Å². The van der Waals surface area contributed by atoms with Crippen LogP contribution in [0.2, 0.25) is 0 Å². The highest BCUT2D eigenvalue weighted by molar-refractivity contribution is 7.92. The second-order valence-corrected chi connectivity index (χ2v) is 12.7. The molecule has 0 spiro atoms.